The zero-order valence-electron chi connectivity index (χ0n) is 9.56. The molecular weight excluding hydrogens is 269 g/mol. The molecule has 0 saturated carbocycles. The van der Waals surface area contributed by atoms with E-state index in [0.29, 0.717) is 11.3 Å². The monoisotopic (exact) mass is 275 g/mol. The van der Waals surface area contributed by atoms with E-state index in [4.69, 9.17) is 21.6 Å². The molecule has 0 heterocycles. The van der Waals surface area contributed by atoms with Gasteiger partial charge in [-0.25, -0.2) is 4.39 Å². The van der Waals surface area contributed by atoms with Crippen LogP contribution in [0.1, 0.15) is 15.9 Å². The number of nitrogens with zero attached hydrogens (tertiary/aromatic N) is 1. The number of ether oxygens (including phenoxy) is 1. The molecule has 0 saturated heterocycles. The molecule has 94 valence electrons. The molecule has 3 nitrogen and oxygen atoms in total. The molecule has 19 heavy (non-hydrogen) atoms. The molecule has 2 rings (SSSR count). The average Bonchev–Trinajstić information content (AvgIpc) is 2.41. The molecule has 0 aliphatic heterocycles. The summed E-state index contributed by atoms with van der Waals surface area (Å²) in [5.74, 6) is -0.216. The van der Waals surface area contributed by atoms with Crippen LogP contribution >= 0.6 is 11.6 Å². The lowest BCUT2D eigenvalue weighted by Gasteiger charge is -2.08. The van der Waals surface area contributed by atoms with Crippen molar-refractivity contribution in [2.24, 2.45) is 0 Å². The van der Waals surface area contributed by atoms with Crippen LogP contribution in [0, 0.1) is 17.1 Å². The van der Waals surface area contributed by atoms with Crippen molar-refractivity contribution in [3.05, 3.63) is 58.4 Å². The Morgan fingerprint density at radius 1 is 1.26 bits per heavy atom. The van der Waals surface area contributed by atoms with E-state index >= 15 is 0 Å². The summed E-state index contributed by atoms with van der Waals surface area (Å²) >= 11 is 5.75. The van der Waals surface area contributed by atoms with Crippen molar-refractivity contribution < 1.29 is 13.9 Å². The number of halogens is 2. The van der Waals surface area contributed by atoms with Gasteiger partial charge < -0.3 is 4.74 Å². The van der Waals surface area contributed by atoms with Gasteiger partial charge >= 0.3 is 0 Å². The van der Waals surface area contributed by atoms with E-state index in [1.54, 1.807) is 12.1 Å². The molecule has 0 aliphatic carbocycles. The Morgan fingerprint density at radius 3 is 2.68 bits per heavy atom. The van der Waals surface area contributed by atoms with Crippen LogP contribution in [0.2, 0.25) is 5.02 Å². The van der Waals surface area contributed by atoms with Crippen molar-refractivity contribution >= 4 is 17.9 Å². The molecular formula is C14H7ClFNO2. The van der Waals surface area contributed by atoms with Crippen molar-refractivity contribution in [1.82, 2.24) is 0 Å². The Bertz CT molecular complexity index is 680. The fourth-order valence-electron chi connectivity index (χ4n) is 1.48. The maximum absolute atomic E-state index is 13.4. The predicted molar refractivity (Wildman–Crippen MR) is 68.0 cm³/mol. The number of hydrogen-bond donors (Lipinski definition) is 0. The van der Waals surface area contributed by atoms with Gasteiger partial charge in [-0.05, 0) is 30.3 Å². The summed E-state index contributed by atoms with van der Waals surface area (Å²) < 4.78 is 18.8. The highest BCUT2D eigenvalue weighted by Gasteiger charge is 2.08. The standard InChI is InChI=1S/C14H7ClFNO2/c15-11-2-4-14(10(5-11)8-18)19-12-3-1-9(7-17)13(16)6-12/h1-6,8H. The third kappa shape index (κ3) is 2.90. The van der Waals surface area contributed by atoms with Crippen molar-refractivity contribution in [3.63, 3.8) is 0 Å². The highest BCUT2D eigenvalue weighted by molar-refractivity contribution is 6.30. The van der Waals surface area contributed by atoms with Gasteiger partial charge in [-0.15, -0.1) is 0 Å². The number of carbonyl (C=O) groups excluding carboxylic acids is 1. The van der Waals surface area contributed by atoms with E-state index in [-0.39, 0.29) is 22.6 Å². The van der Waals surface area contributed by atoms with E-state index in [1.807, 2.05) is 0 Å². The van der Waals surface area contributed by atoms with Crippen LogP contribution in [0.25, 0.3) is 0 Å². The van der Waals surface area contributed by atoms with Crippen molar-refractivity contribution in [1.29, 1.82) is 5.26 Å². The zero-order valence-corrected chi connectivity index (χ0v) is 10.3. The second kappa shape index (κ2) is 5.51. The first-order valence-corrected chi connectivity index (χ1v) is 5.64. The SMILES string of the molecule is N#Cc1ccc(Oc2ccc(Cl)cc2C=O)cc1F. The molecule has 0 unspecified atom stereocenters. The number of carbonyl (C=O) groups is 1. The summed E-state index contributed by atoms with van der Waals surface area (Å²) in [5.41, 5.74) is 0.191. The Morgan fingerprint density at radius 2 is 2.05 bits per heavy atom. The van der Waals surface area contributed by atoms with E-state index in [2.05, 4.69) is 0 Å². The first-order valence-electron chi connectivity index (χ1n) is 5.26. The molecule has 2 aromatic rings. The van der Waals surface area contributed by atoms with Crippen molar-refractivity contribution in [3.8, 4) is 17.6 Å². The normalized spacial score (nSPS) is 9.74. The van der Waals surface area contributed by atoms with Crippen LogP contribution < -0.4 is 4.74 Å². The maximum Gasteiger partial charge on any atom is 0.153 e. The smallest absolute Gasteiger partial charge is 0.153 e. The van der Waals surface area contributed by atoms with Gasteiger partial charge in [0.15, 0.2) is 6.29 Å². The van der Waals surface area contributed by atoms with Crippen molar-refractivity contribution in [2.45, 2.75) is 0 Å². The molecule has 5 heteroatoms. The first kappa shape index (κ1) is 13.1. The minimum absolute atomic E-state index is 0.0703. The quantitative estimate of drug-likeness (QED) is 0.797. The largest absolute Gasteiger partial charge is 0.457 e. The second-order valence-corrected chi connectivity index (χ2v) is 4.09. The van der Waals surface area contributed by atoms with Crippen LogP contribution in [0.4, 0.5) is 4.39 Å². The Kier molecular flexibility index (Phi) is 3.79. The van der Waals surface area contributed by atoms with Gasteiger partial charge in [-0.2, -0.15) is 5.26 Å². The number of benzene rings is 2. The van der Waals surface area contributed by atoms with E-state index in [0.717, 1.165) is 6.07 Å². The molecule has 0 aliphatic rings. The summed E-state index contributed by atoms with van der Waals surface area (Å²) in [6.07, 6.45) is 0.598. The van der Waals surface area contributed by atoms with Gasteiger partial charge in [0, 0.05) is 11.1 Å². The lowest BCUT2D eigenvalue weighted by Crippen LogP contribution is -1.92. The summed E-state index contributed by atoms with van der Waals surface area (Å²) in [7, 11) is 0. The summed E-state index contributed by atoms with van der Waals surface area (Å²) in [4.78, 5) is 10.9. The lowest BCUT2D eigenvalue weighted by atomic mass is 10.2. The fraction of sp³-hybridized carbons (Fsp3) is 0. The van der Waals surface area contributed by atoms with Gasteiger partial charge in [0.1, 0.15) is 23.4 Å². The highest BCUT2D eigenvalue weighted by atomic mass is 35.5. The topological polar surface area (TPSA) is 50.1 Å². The van der Waals surface area contributed by atoms with Crippen LogP contribution in [0.5, 0.6) is 11.5 Å². The van der Waals surface area contributed by atoms with Gasteiger partial charge in [0.2, 0.25) is 0 Å². The molecule has 0 atom stereocenters. The Hall–Kier alpha value is -2.38. The van der Waals surface area contributed by atoms with Crippen LogP contribution in [-0.4, -0.2) is 6.29 Å². The van der Waals surface area contributed by atoms with Gasteiger partial charge in [-0.1, -0.05) is 11.6 Å². The number of aldehydes is 1. The minimum atomic E-state index is -0.679. The fourth-order valence-corrected chi connectivity index (χ4v) is 1.66. The van der Waals surface area contributed by atoms with E-state index in [1.165, 1.54) is 24.3 Å². The Balaban J connectivity index is 2.34. The number of hydrogen-bond acceptors (Lipinski definition) is 3. The molecule has 0 radical (unpaired) electrons. The molecule has 0 spiro atoms. The molecule has 0 aromatic heterocycles. The van der Waals surface area contributed by atoms with Crippen LogP contribution in [0.3, 0.4) is 0 Å². The molecule has 0 amide bonds. The van der Waals surface area contributed by atoms with Gasteiger partial charge in [-0.3, -0.25) is 4.79 Å². The minimum Gasteiger partial charge on any atom is -0.457 e. The van der Waals surface area contributed by atoms with Gasteiger partial charge in [0.05, 0.1) is 11.1 Å². The molecule has 0 N–H and O–H groups in total. The summed E-state index contributed by atoms with van der Waals surface area (Å²) in [6.45, 7) is 0. The third-order valence-corrected chi connectivity index (χ3v) is 2.62. The Labute approximate surface area is 113 Å². The zero-order chi connectivity index (χ0) is 13.8. The molecule has 2 aromatic carbocycles. The van der Waals surface area contributed by atoms with Gasteiger partial charge in [0.25, 0.3) is 0 Å². The van der Waals surface area contributed by atoms with Crippen LogP contribution in [0.15, 0.2) is 36.4 Å². The lowest BCUT2D eigenvalue weighted by molar-refractivity contribution is 0.112. The third-order valence-electron chi connectivity index (χ3n) is 2.39. The van der Waals surface area contributed by atoms with E-state index in [9.17, 15) is 9.18 Å². The molecule has 0 fully saturated rings. The number of nitriles is 1. The second-order valence-electron chi connectivity index (χ2n) is 3.66. The summed E-state index contributed by atoms with van der Waals surface area (Å²) in [6, 6.07) is 10.1. The average molecular weight is 276 g/mol. The van der Waals surface area contributed by atoms with Crippen molar-refractivity contribution in [2.75, 3.05) is 0 Å². The molecule has 0 bridgehead atoms. The highest BCUT2D eigenvalue weighted by Crippen LogP contribution is 2.27. The summed E-state index contributed by atoms with van der Waals surface area (Å²) in [5, 5.41) is 9.02. The van der Waals surface area contributed by atoms with Crippen LogP contribution in [-0.2, 0) is 0 Å². The number of rotatable bonds is 3. The maximum atomic E-state index is 13.4. The van der Waals surface area contributed by atoms with E-state index < -0.39 is 5.82 Å². The first-order chi connectivity index (χ1) is 9.13. The predicted octanol–water partition coefficient (Wildman–Crippen LogP) is 3.96.